The van der Waals surface area contributed by atoms with Crippen LogP contribution < -0.4 is 0 Å². The zero-order valence-corrected chi connectivity index (χ0v) is 34.6. The number of nitrogens with zero attached hydrogens (tertiary/aromatic N) is 5. The monoisotopic (exact) mass is 815 g/mol. The number of fused-ring (bicyclic) bond motifs is 8. The second kappa shape index (κ2) is 14.5. The van der Waals surface area contributed by atoms with Crippen molar-refractivity contribution in [3.8, 4) is 56.7 Å². The Labute approximate surface area is 368 Å². The molecule has 0 bridgehead atoms. The Bertz CT molecular complexity index is 3940. The van der Waals surface area contributed by atoms with Crippen LogP contribution in [-0.4, -0.2) is 24.1 Å². The lowest BCUT2D eigenvalue weighted by Crippen LogP contribution is -2.01. The summed E-state index contributed by atoms with van der Waals surface area (Å²) in [6.07, 6.45) is 0. The third kappa shape index (κ3) is 5.75. The Morgan fingerprint density at radius 2 is 0.781 bits per heavy atom. The molecular weight excluding hydrogens is 779 g/mol. The molecule has 0 saturated carbocycles. The van der Waals surface area contributed by atoms with Gasteiger partial charge in [0.2, 0.25) is 0 Å². The first-order valence-electron chi connectivity index (χ1n) is 21.7. The molecule has 0 aliphatic heterocycles. The van der Waals surface area contributed by atoms with Gasteiger partial charge in [-0.1, -0.05) is 176 Å². The number of aromatic nitrogens is 5. The van der Waals surface area contributed by atoms with Crippen molar-refractivity contribution in [3.63, 3.8) is 0 Å². The Kier molecular flexibility index (Phi) is 8.15. The minimum Gasteiger partial charge on any atom is -0.309 e. The SMILES string of the molecule is c1ccc(-c2ccc(-c3nc(-c4ccc5c6ccccc6n(-c6ccccc6)c5c4)nc(-c4cccc5c(-n6c7ccccc7c7cc8ccccc8cc76)cccc45)n3)cc2)cc1. The van der Waals surface area contributed by atoms with Gasteiger partial charge in [-0.3, -0.25) is 0 Å². The maximum absolute atomic E-state index is 5.37. The van der Waals surface area contributed by atoms with Crippen molar-refractivity contribution in [2.24, 2.45) is 0 Å². The fraction of sp³-hybridized carbons (Fsp3) is 0. The predicted molar refractivity (Wildman–Crippen MR) is 265 cm³/mol. The van der Waals surface area contributed by atoms with Crippen LogP contribution in [0, 0.1) is 0 Å². The van der Waals surface area contributed by atoms with Gasteiger partial charge in [-0.15, -0.1) is 0 Å². The number of rotatable bonds is 6. The number of hydrogen-bond acceptors (Lipinski definition) is 3. The van der Waals surface area contributed by atoms with E-state index >= 15 is 0 Å². The van der Waals surface area contributed by atoms with E-state index in [0.717, 1.165) is 66.5 Å². The average Bonchev–Trinajstić information content (AvgIpc) is 3.87. The van der Waals surface area contributed by atoms with E-state index in [1.54, 1.807) is 0 Å². The Hall–Kier alpha value is -8.67. The first-order valence-corrected chi connectivity index (χ1v) is 21.7. The maximum Gasteiger partial charge on any atom is 0.164 e. The highest BCUT2D eigenvalue weighted by molar-refractivity contribution is 6.15. The van der Waals surface area contributed by atoms with Crippen molar-refractivity contribution in [1.29, 1.82) is 0 Å². The molecule has 0 spiro atoms. The summed E-state index contributed by atoms with van der Waals surface area (Å²) in [5, 5.41) is 9.45. The maximum atomic E-state index is 5.37. The van der Waals surface area contributed by atoms with Gasteiger partial charge in [0.1, 0.15) is 0 Å². The van der Waals surface area contributed by atoms with Gasteiger partial charge in [-0.25, -0.2) is 15.0 Å². The quantitative estimate of drug-likeness (QED) is 0.168. The molecule has 3 aromatic heterocycles. The summed E-state index contributed by atoms with van der Waals surface area (Å²) in [5.74, 6) is 1.85. The van der Waals surface area contributed by atoms with Crippen LogP contribution in [-0.2, 0) is 0 Å². The topological polar surface area (TPSA) is 48.5 Å². The van der Waals surface area contributed by atoms with Crippen molar-refractivity contribution in [3.05, 3.63) is 224 Å². The molecule has 10 aromatic carbocycles. The van der Waals surface area contributed by atoms with Crippen molar-refractivity contribution in [2.45, 2.75) is 0 Å². The summed E-state index contributed by atoms with van der Waals surface area (Å²) in [6, 6.07) is 79.8. The van der Waals surface area contributed by atoms with Crippen LogP contribution in [0.4, 0.5) is 0 Å². The normalized spacial score (nSPS) is 11.8. The first kappa shape index (κ1) is 36.0. The van der Waals surface area contributed by atoms with E-state index in [0.29, 0.717) is 17.5 Å². The van der Waals surface area contributed by atoms with Gasteiger partial charge in [0.25, 0.3) is 0 Å². The highest BCUT2D eigenvalue weighted by atomic mass is 15.0. The summed E-state index contributed by atoms with van der Waals surface area (Å²) in [5.41, 5.74) is 11.9. The second-order valence-corrected chi connectivity index (χ2v) is 16.4. The molecule has 5 nitrogen and oxygen atoms in total. The van der Waals surface area contributed by atoms with Crippen molar-refractivity contribution >= 4 is 65.2 Å². The van der Waals surface area contributed by atoms with E-state index in [4.69, 9.17) is 15.0 Å². The fourth-order valence-electron chi connectivity index (χ4n) is 9.76. The summed E-state index contributed by atoms with van der Waals surface area (Å²) in [7, 11) is 0. The average molecular weight is 816 g/mol. The van der Waals surface area contributed by atoms with Gasteiger partial charge < -0.3 is 9.13 Å². The standard InChI is InChI=1S/C59H37N5/c1-3-15-38(16-4-1)39-29-31-40(32-30-39)57-60-58(43-33-34-49-47-21-9-11-26-52(47)63(55(49)37-43)44-19-5-2-6-20-44)62-59(61-57)50-25-13-24-46-45(50)23-14-28-54(46)64-53-27-12-10-22-48(53)51-35-41-17-7-8-18-42(41)36-56(51)64/h1-37H. The molecule has 13 rings (SSSR count). The Balaban J connectivity index is 1.03. The lowest BCUT2D eigenvalue weighted by molar-refractivity contribution is 1.08. The molecule has 3 heterocycles. The van der Waals surface area contributed by atoms with Crippen LogP contribution in [0.15, 0.2) is 224 Å². The molecule has 64 heavy (non-hydrogen) atoms. The van der Waals surface area contributed by atoms with Crippen LogP contribution in [0.1, 0.15) is 0 Å². The molecule has 0 unspecified atom stereocenters. The van der Waals surface area contributed by atoms with Gasteiger partial charge in [0, 0.05) is 49.3 Å². The van der Waals surface area contributed by atoms with E-state index in [2.05, 4.69) is 228 Å². The smallest absolute Gasteiger partial charge is 0.164 e. The molecule has 0 N–H and O–H groups in total. The lowest BCUT2D eigenvalue weighted by atomic mass is 10.0. The van der Waals surface area contributed by atoms with E-state index in [9.17, 15) is 0 Å². The van der Waals surface area contributed by atoms with Crippen LogP contribution in [0.5, 0.6) is 0 Å². The Morgan fingerprint density at radius 3 is 1.56 bits per heavy atom. The largest absolute Gasteiger partial charge is 0.309 e. The molecule has 298 valence electrons. The molecular formula is C59H37N5. The van der Waals surface area contributed by atoms with Gasteiger partial charge >= 0.3 is 0 Å². The van der Waals surface area contributed by atoms with Gasteiger partial charge in [0.05, 0.1) is 27.8 Å². The Morgan fingerprint density at radius 1 is 0.266 bits per heavy atom. The summed E-state index contributed by atoms with van der Waals surface area (Å²) in [6.45, 7) is 0. The van der Waals surface area contributed by atoms with E-state index < -0.39 is 0 Å². The van der Waals surface area contributed by atoms with E-state index in [1.165, 1.54) is 37.8 Å². The number of hydrogen-bond donors (Lipinski definition) is 0. The highest BCUT2D eigenvalue weighted by Crippen LogP contribution is 2.40. The molecule has 0 atom stereocenters. The molecule has 0 amide bonds. The predicted octanol–water partition coefficient (Wildman–Crippen LogP) is 15.0. The zero-order valence-electron chi connectivity index (χ0n) is 34.6. The molecule has 0 aliphatic carbocycles. The van der Waals surface area contributed by atoms with E-state index in [-0.39, 0.29) is 0 Å². The number of para-hydroxylation sites is 3. The second-order valence-electron chi connectivity index (χ2n) is 16.4. The third-order valence-corrected chi connectivity index (χ3v) is 12.8. The fourth-order valence-corrected chi connectivity index (χ4v) is 9.76. The van der Waals surface area contributed by atoms with Gasteiger partial charge in [0.15, 0.2) is 17.5 Å². The summed E-state index contributed by atoms with van der Waals surface area (Å²) in [4.78, 5) is 15.9. The lowest BCUT2D eigenvalue weighted by Gasteiger charge is -2.15. The zero-order chi connectivity index (χ0) is 42.1. The third-order valence-electron chi connectivity index (χ3n) is 12.8. The molecule has 13 aromatic rings. The van der Waals surface area contributed by atoms with Crippen LogP contribution in [0.25, 0.3) is 122 Å². The molecule has 5 heteroatoms. The van der Waals surface area contributed by atoms with Crippen molar-refractivity contribution in [1.82, 2.24) is 24.1 Å². The minimum absolute atomic E-state index is 0.612. The van der Waals surface area contributed by atoms with Crippen molar-refractivity contribution < 1.29 is 0 Å². The number of benzene rings is 10. The van der Waals surface area contributed by atoms with Crippen molar-refractivity contribution in [2.75, 3.05) is 0 Å². The highest BCUT2D eigenvalue weighted by Gasteiger charge is 2.20. The van der Waals surface area contributed by atoms with Crippen LogP contribution in [0.2, 0.25) is 0 Å². The summed E-state index contributed by atoms with van der Waals surface area (Å²) < 4.78 is 4.76. The van der Waals surface area contributed by atoms with Gasteiger partial charge in [-0.2, -0.15) is 0 Å². The molecule has 0 fully saturated rings. The molecule has 0 aliphatic rings. The van der Waals surface area contributed by atoms with Crippen LogP contribution >= 0.6 is 0 Å². The minimum atomic E-state index is 0.612. The van der Waals surface area contributed by atoms with Crippen LogP contribution in [0.3, 0.4) is 0 Å². The van der Waals surface area contributed by atoms with Gasteiger partial charge in [-0.05, 0) is 75.8 Å². The van der Waals surface area contributed by atoms with E-state index in [1.807, 2.05) is 6.07 Å². The molecule has 0 radical (unpaired) electrons. The summed E-state index contributed by atoms with van der Waals surface area (Å²) >= 11 is 0. The molecule has 0 saturated heterocycles. The first-order chi connectivity index (χ1) is 31.7.